The van der Waals surface area contributed by atoms with Crippen LogP contribution in [0.3, 0.4) is 0 Å². The second kappa shape index (κ2) is 17.0. The van der Waals surface area contributed by atoms with E-state index in [1.54, 1.807) is 0 Å². The van der Waals surface area contributed by atoms with Crippen molar-refractivity contribution < 1.29 is 0 Å². The number of nitrogens with zero attached hydrogens (tertiary/aromatic N) is 5. The van der Waals surface area contributed by atoms with Crippen molar-refractivity contribution in [3.05, 3.63) is 223 Å². The average Bonchev–Trinajstić information content (AvgIpc) is 3.72. The van der Waals surface area contributed by atoms with E-state index < -0.39 is 0 Å². The molecule has 0 aliphatic rings. The van der Waals surface area contributed by atoms with Gasteiger partial charge in [-0.1, -0.05) is 156 Å². The molecule has 9 rings (SSSR count). The Morgan fingerprint density at radius 1 is 0.429 bits per heavy atom. The number of pyridine rings is 1. The highest BCUT2D eigenvalue weighted by molar-refractivity contribution is 6.36. The minimum Gasteiger partial charge on any atom is -0.310 e. The molecule has 0 aliphatic heterocycles. The van der Waals surface area contributed by atoms with Crippen molar-refractivity contribution >= 4 is 68.6 Å². The van der Waals surface area contributed by atoms with Crippen molar-refractivity contribution in [1.82, 2.24) is 9.38 Å². The van der Waals surface area contributed by atoms with Gasteiger partial charge in [-0.15, -0.1) is 0 Å². The fourth-order valence-corrected chi connectivity index (χ4v) is 8.56. The molecule has 0 spiro atoms. The maximum Gasteiger partial charge on any atom is 0.142 e. The molecule has 0 amide bonds. The molecule has 0 bridgehead atoms. The quantitative estimate of drug-likeness (QED) is 0.137. The summed E-state index contributed by atoms with van der Waals surface area (Å²) in [4.78, 5) is 11.6. The third-order valence-corrected chi connectivity index (χ3v) is 12.0. The van der Waals surface area contributed by atoms with E-state index >= 15 is 0 Å². The number of hydrogen-bond acceptors (Lipinski definition) is 4. The fourth-order valence-electron chi connectivity index (χ4n) is 8.27. The Labute approximate surface area is 377 Å². The maximum absolute atomic E-state index is 7.78. The van der Waals surface area contributed by atoms with E-state index in [4.69, 9.17) is 16.6 Å². The van der Waals surface area contributed by atoms with E-state index in [1.165, 1.54) is 11.1 Å². The number of para-hydroxylation sites is 2. The van der Waals surface area contributed by atoms with Gasteiger partial charge >= 0.3 is 0 Å². The van der Waals surface area contributed by atoms with Crippen molar-refractivity contribution in [2.75, 3.05) is 14.7 Å². The molecule has 2 heterocycles. The summed E-state index contributed by atoms with van der Waals surface area (Å²) in [6.07, 6.45) is 3.94. The van der Waals surface area contributed by atoms with Crippen LogP contribution in [0.4, 0.5) is 51.3 Å². The number of fused-ring (bicyclic) bond motifs is 1. The lowest BCUT2D eigenvalue weighted by atomic mass is 9.84. The first-order valence-electron chi connectivity index (χ1n) is 21.6. The highest BCUT2D eigenvalue weighted by atomic mass is 35.5. The summed E-state index contributed by atoms with van der Waals surface area (Å²) < 4.78 is 2.09. The SMILES string of the molecule is CC(C)(C)c1ccc(N(c2cccc(N(c3ccccc3)c3cccc(N(c4ccccc4)c4cnc5ccccn45)c3Cl)c2)c2ccc(C(C)(C)C)cc2-c2ccccc2)cc1. The molecule has 0 saturated heterocycles. The van der Waals surface area contributed by atoms with Crippen LogP contribution >= 0.6 is 11.6 Å². The van der Waals surface area contributed by atoms with Crippen molar-refractivity contribution in [3.8, 4) is 11.1 Å². The summed E-state index contributed by atoms with van der Waals surface area (Å²) in [5, 5.41) is 0.597. The predicted molar refractivity (Wildman–Crippen MR) is 267 cm³/mol. The maximum atomic E-state index is 7.78. The van der Waals surface area contributed by atoms with Crippen molar-refractivity contribution in [2.24, 2.45) is 0 Å². The number of imidazole rings is 1. The molecular weight excluding hydrogens is 790 g/mol. The minimum absolute atomic E-state index is 0.0120. The molecule has 312 valence electrons. The van der Waals surface area contributed by atoms with Gasteiger partial charge in [0.25, 0.3) is 0 Å². The van der Waals surface area contributed by atoms with E-state index in [1.807, 2.05) is 54.9 Å². The van der Waals surface area contributed by atoms with E-state index in [2.05, 4.69) is 212 Å². The molecule has 9 aromatic rings. The zero-order valence-corrected chi connectivity index (χ0v) is 37.5. The zero-order valence-electron chi connectivity index (χ0n) is 36.7. The second-order valence-electron chi connectivity index (χ2n) is 18.0. The first kappa shape index (κ1) is 41.3. The van der Waals surface area contributed by atoms with Gasteiger partial charge in [0, 0.05) is 40.2 Å². The number of rotatable bonds is 10. The van der Waals surface area contributed by atoms with Gasteiger partial charge in [0.1, 0.15) is 11.5 Å². The molecule has 0 radical (unpaired) electrons. The molecule has 0 fully saturated rings. The topological polar surface area (TPSA) is 27.0 Å². The van der Waals surface area contributed by atoms with Gasteiger partial charge in [-0.05, 0) is 119 Å². The number of benzene rings is 7. The van der Waals surface area contributed by atoms with Crippen LogP contribution in [0.1, 0.15) is 52.7 Å². The van der Waals surface area contributed by atoms with Crippen LogP contribution in [-0.4, -0.2) is 9.38 Å². The molecular formula is C57H52ClN5. The van der Waals surface area contributed by atoms with Crippen LogP contribution in [0.25, 0.3) is 16.8 Å². The van der Waals surface area contributed by atoms with Crippen LogP contribution in [0.2, 0.25) is 5.02 Å². The number of halogens is 1. The molecule has 2 aromatic heterocycles. The summed E-state index contributed by atoms with van der Waals surface area (Å²) in [6, 6.07) is 68.6. The molecule has 0 N–H and O–H groups in total. The highest BCUT2D eigenvalue weighted by Crippen LogP contribution is 2.49. The largest absolute Gasteiger partial charge is 0.310 e. The molecule has 63 heavy (non-hydrogen) atoms. The van der Waals surface area contributed by atoms with Gasteiger partial charge in [-0.25, -0.2) is 4.98 Å². The fraction of sp³-hybridized carbons (Fsp3) is 0.140. The van der Waals surface area contributed by atoms with Gasteiger partial charge in [-0.2, -0.15) is 0 Å². The Hall–Kier alpha value is -7.08. The summed E-state index contributed by atoms with van der Waals surface area (Å²) in [7, 11) is 0. The van der Waals surface area contributed by atoms with Gasteiger partial charge in [0.05, 0.1) is 28.3 Å². The third kappa shape index (κ3) is 8.33. The first-order valence-corrected chi connectivity index (χ1v) is 22.0. The summed E-state index contributed by atoms with van der Waals surface area (Å²) in [6.45, 7) is 13.6. The zero-order chi connectivity index (χ0) is 43.7. The Kier molecular flexibility index (Phi) is 11.1. The lowest BCUT2D eigenvalue weighted by Crippen LogP contribution is -2.17. The van der Waals surface area contributed by atoms with Crippen LogP contribution < -0.4 is 14.7 Å². The van der Waals surface area contributed by atoms with Crippen LogP contribution in [0.5, 0.6) is 0 Å². The van der Waals surface area contributed by atoms with E-state index in [-0.39, 0.29) is 10.8 Å². The normalized spacial score (nSPS) is 11.7. The van der Waals surface area contributed by atoms with E-state index in [0.29, 0.717) is 5.02 Å². The minimum atomic E-state index is -0.0353. The van der Waals surface area contributed by atoms with Gasteiger partial charge in [0.2, 0.25) is 0 Å². The standard InChI is InChI=1S/C57H52ClN5/c1-56(2,3)42-31-34-46(35-32-42)61(50-36-33-43(57(4,5)6)38-49(50)41-20-10-7-11-21-41)47-26-18-27-48(39-47)62(44-22-12-8-13-23-44)51-28-19-29-52(55(51)58)63(45-24-14-9-15-25-45)54-40-59-53-30-16-17-37-60(53)54/h7-40H,1-6H3. The molecule has 0 aliphatic carbocycles. The van der Waals surface area contributed by atoms with Crippen molar-refractivity contribution in [1.29, 1.82) is 0 Å². The van der Waals surface area contributed by atoms with Gasteiger partial charge < -0.3 is 9.80 Å². The van der Waals surface area contributed by atoms with Crippen LogP contribution in [0, 0.1) is 0 Å². The molecule has 0 saturated carbocycles. The summed E-state index contributed by atoms with van der Waals surface area (Å²) in [5.74, 6) is 0.879. The monoisotopic (exact) mass is 841 g/mol. The van der Waals surface area contributed by atoms with E-state index in [9.17, 15) is 0 Å². The Morgan fingerprint density at radius 2 is 0.921 bits per heavy atom. The van der Waals surface area contributed by atoms with Gasteiger partial charge in [0.15, 0.2) is 0 Å². The highest BCUT2D eigenvalue weighted by Gasteiger charge is 2.26. The predicted octanol–water partition coefficient (Wildman–Crippen LogP) is 16.7. The van der Waals surface area contributed by atoms with Crippen LogP contribution in [-0.2, 0) is 10.8 Å². The van der Waals surface area contributed by atoms with Crippen LogP contribution in [0.15, 0.2) is 207 Å². The molecule has 0 unspecified atom stereocenters. The smallest absolute Gasteiger partial charge is 0.142 e. The second-order valence-corrected chi connectivity index (χ2v) is 18.4. The van der Waals surface area contributed by atoms with Crippen molar-refractivity contribution in [2.45, 2.75) is 52.4 Å². The number of aromatic nitrogens is 2. The molecule has 0 atom stereocenters. The summed E-state index contributed by atoms with van der Waals surface area (Å²) >= 11 is 7.78. The summed E-state index contributed by atoms with van der Waals surface area (Å²) in [5.41, 5.74) is 13.5. The third-order valence-electron chi connectivity index (χ3n) is 11.6. The molecule has 6 heteroatoms. The number of anilines is 9. The number of hydrogen-bond donors (Lipinski definition) is 0. The Morgan fingerprint density at radius 3 is 1.54 bits per heavy atom. The Bertz CT molecular complexity index is 2980. The lowest BCUT2D eigenvalue weighted by molar-refractivity contribution is 0.590. The van der Waals surface area contributed by atoms with Gasteiger partial charge in [-0.3, -0.25) is 9.30 Å². The Balaban J connectivity index is 1.24. The molecule has 7 aromatic carbocycles. The van der Waals surface area contributed by atoms with Crippen molar-refractivity contribution in [3.63, 3.8) is 0 Å². The first-order chi connectivity index (χ1) is 30.5. The lowest BCUT2D eigenvalue weighted by Gasteiger charge is -2.33. The molecule has 5 nitrogen and oxygen atoms in total. The average molecular weight is 843 g/mol. The van der Waals surface area contributed by atoms with E-state index in [0.717, 1.165) is 68.1 Å².